The molecule has 42 heavy (non-hydrogen) atoms. The van der Waals surface area contributed by atoms with Crippen molar-refractivity contribution in [2.24, 2.45) is 11.8 Å². The maximum atomic E-state index is 13.9. The van der Waals surface area contributed by atoms with Gasteiger partial charge in [0.2, 0.25) is 5.91 Å². The molecule has 1 saturated carbocycles. The van der Waals surface area contributed by atoms with Crippen LogP contribution in [0.4, 0.5) is 0 Å². The number of carbonyl (C=O) groups is 1. The Labute approximate surface area is 248 Å². The number of amides is 1. The van der Waals surface area contributed by atoms with Crippen molar-refractivity contribution in [1.82, 2.24) is 4.90 Å². The zero-order valence-corrected chi connectivity index (χ0v) is 24.4. The topological polar surface area (TPSA) is 59.0 Å². The smallest absolute Gasteiger partial charge is 0.222 e. The van der Waals surface area contributed by atoms with E-state index < -0.39 is 5.60 Å². The highest BCUT2D eigenvalue weighted by Crippen LogP contribution is 2.60. The van der Waals surface area contributed by atoms with Crippen LogP contribution in [0.25, 0.3) is 0 Å². The van der Waals surface area contributed by atoms with Gasteiger partial charge >= 0.3 is 0 Å². The fourth-order valence-corrected chi connectivity index (χ4v) is 7.75. The van der Waals surface area contributed by atoms with Gasteiger partial charge in [0.1, 0.15) is 11.5 Å². The summed E-state index contributed by atoms with van der Waals surface area (Å²) in [4.78, 5) is 15.9. The van der Waals surface area contributed by atoms with Gasteiger partial charge < -0.3 is 19.5 Å². The van der Waals surface area contributed by atoms with Crippen LogP contribution >= 0.6 is 0 Å². The first-order chi connectivity index (χ1) is 20.5. The Bertz CT molecular complexity index is 1480. The Kier molecular flexibility index (Phi) is 7.78. The molecule has 216 valence electrons. The van der Waals surface area contributed by atoms with Crippen LogP contribution in [-0.4, -0.2) is 43.2 Å². The van der Waals surface area contributed by atoms with Gasteiger partial charge in [0, 0.05) is 36.4 Å². The lowest BCUT2D eigenvalue weighted by atomic mass is 9.52. The van der Waals surface area contributed by atoms with Crippen molar-refractivity contribution in [3.8, 4) is 11.5 Å². The number of nitrogens with zero attached hydrogens (tertiary/aromatic N) is 1. The van der Waals surface area contributed by atoms with Crippen molar-refractivity contribution < 1.29 is 19.4 Å². The Morgan fingerprint density at radius 1 is 0.738 bits per heavy atom. The van der Waals surface area contributed by atoms with Gasteiger partial charge in [-0.1, -0.05) is 97.1 Å². The molecule has 1 heterocycles. The van der Waals surface area contributed by atoms with E-state index in [1.54, 1.807) is 14.2 Å². The van der Waals surface area contributed by atoms with E-state index in [0.717, 1.165) is 23.3 Å². The molecule has 0 unspecified atom stereocenters. The number of rotatable bonds is 8. The van der Waals surface area contributed by atoms with Gasteiger partial charge in [-0.3, -0.25) is 4.79 Å². The van der Waals surface area contributed by atoms with Gasteiger partial charge in [-0.05, 0) is 54.0 Å². The maximum Gasteiger partial charge on any atom is 0.222 e. The van der Waals surface area contributed by atoms with E-state index in [9.17, 15) is 9.90 Å². The molecule has 4 aromatic rings. The number of benzene rings is 4. The minimum atomic E-state index is -1.14. The number of aliphatic hydroxyl groups is 1. The van der Waals surface area contributed by atoms with E-state index in [-0.39, 0.29) is 23.2 Å². The molecule has 1 saturated heterocycles. The lowest BCUT2D eigenvalue weighted by Gasteiger charge is -2.53. The highest BCUT2D eigenvalue weighted by molar-refractivity contribution is 5.77. The standard InChI is InChI=1S/C37H39NO4/c1-41-33-19-11-9-13-27(33)21-22-35(39)38-25-31-32(26-38)37(40,30-18-10-12-20-34(30)42-2)24-23-36(31,28-14-5-3-6-15-28)29-16-7-4-8-17-29/h3-20,31-32,40H,21-26H2,1-2H3/t31-,32+,37+/m0/s1. The van der Waals surface area contributed by atoms with E-state index in [2.05, 4.69) is 60.7 Å². The SMILES string of the molecule is COc1ccccc1CCC(=O)N1C[C@@H]2[C@H](C1)C(c1ccccc1)(c1ccccc1)CC[C@@]2(O)c1ccccc1OC. The van der Waals surface area contributed by atoms with Gasteiger partial charge in [0.25, 0.3) is 0 Å². The van der Waals surface area contributed by atoms with E-state index in [0.29, 0.717) is 38.1 Å². The largest absolute Gasteiger partial charge is 0.496 e. The van der Waals surface area contributed by atoms with Crippen LogP contribution in [-0.2, 0) is 22.2 Å². The second kappa shape index (κ2) is 11.7. The molecule has 4 aromatic carbocycles. The first kappa shape index (κ1) is 28.0. The van der Waals surface area contributed by atoms with Gasteiger partial charge in [-0.15, -0.1) is 0 Å². The summed E-state index contributed by atoms with van der Waals surface area (Å²) in [5.74, 6) is 1.41. The number of likely N-dealkylation sites (tertiary alicyclic amines) is 1. The molecule has 1 amide bonds. The summed E-state index contributed by atoms with van der Waals surface area (Å²) < 4.78 is 11.3. The van der Waals surface area contributed by atoms with Crippen molar-refractivity contribution in [3.05, 3.63) is 131 Å². The molecule has 1 N–H and O–H groups in total. The molecule has 0 bridgehead atoms. The third-order valence-corrected chi connectivity index (χ3v) is 9.77. The molecule has 5 nitrogen and oxygen atoms in total. The molecule has 2 fully saturated rings. The molecular weight excluding hydrogens is 522 g/mol. The number of methoxy groups -OCH3 is 2. The lowest BCUT2D eigenvalue weighted by Crippen LogP contribution is -2.53. The number of fused-ring (bicyclic) bond motifs is 1. The predicted molar refractivity (Wildman–Crippen MR) is 165 cm³/mol. The quantitative estimate of drug-likeness (QED) is 0.271. The van der Waals surface area contributed by atoms with Crippen LogP contribution < -0.4 is 9.47 Å². The number of hydrogen-bond acceptors (Lipinski definition) is 4. The van der Waals surface area contributed by atoms with Crippen LogP contribution in [0.15, 0.2) is 109 Å². The highest BCUT2D eigenvalue weighted by Gasteiger charge is 2.61. The van der Waals surface area contributed by atoms with Crippen molar-refractivity contribution in [1.29, 1.82) is 0 Å². The van der Waals surface area contributed by atoms with Gasteiger partial charge in [0.05, 0.1) is 19.8 Å². The number of carbonyl (C=O) groups excluding carboxylic acids is 1. The monoisotopic (exact) mass is 561 g/mol. The zero-order valence-electron chi connectivity index (χ0n) is 24.4. The Morgan fingerprint density at radius 2 is 1.29 bits per heavy atom. The molecule has 1 aliphatic heterocycles. The van der Waals surface area contributed by atoms with Crippen molar-refractivity contribution in [2.75, 3.05) is 27.3 Å². The van der Waals surface area contributed by atoms with Crippen molar-refractivity contribution >= 4 is 5.91 Å². The minimum Gasteiger partial charge on any atom is -0.496 e. The van der Waals surface area contributed by atoms with E-state index in [1.807, 2.05) is 53.4 Å². The van der Waals surface area contributed by atoms with Crippen LogP contribution in [0.3, 0.4) is 0 Å². The second-order valence-electron chi connectivity index (χ2n) is 11.7. The third kappa shape index (κ3) is 4.76. The lowest BCUT2D eigenvalue weighted by molar-refractivity contribution is -0.130. The van der Waals surface area contributed by atoms with Crippen LogP contribution in [0, 0.1) is 11.8 Å². The fraction of sp³-hybridized carbons (Fsp3) is 0.324. The van der Waals surface area contributed by atoms with E-state index in [4.69, 9.17) is 9.47 Å². The maximum absolute atomic E-state index is 13.9. The Balaban J connectivity index is 1.41. The second-order valence-corrected chi connectivity index (χ2v) is 11.7. The van der Waals surface area contributed by atoms with Gasteiger partial charge in [0.15, 0.2) is 0 Å². The van der Waals surface area contributed by atoms with E-state index >= 15 is 0 Å². The average molecular weight is 562 g/mol. The molecule has 1 aliphatic carbocycles. The molecule has 5 heteroatoms. The Morgan fingerprint density at radius 3 is 1.93 bits per heavy atom. The van der Waals surface area contributed by atoms with Gasteiger partial charge in [-0.25, -0.2) is 0 Å². The molecule has 0 radical (unpaired) electrons. The third-order valence-electron chi connectivity index (χ3n) is 9.77. The summed E-state index contributed by atoms with van der Waals surface area (Å²) in [5.41, 5.74) is 2.81. The molecular formula is C37H39NO4. The number of aryl methyl sites for hydroxylation is 1. The van der Waals surface area contributed by atoms with Gasteiger partial charge in [-0.2, -0.15) is 0 Å². The van der Waals surface area contributed by atoms with Crippen molar-refractivity contribution in [3.63, 3.8) is 0 Å². The number of ether oxygens (including phenoxy) is 2. The first-order valence-electron chi connectivity index (χ1n) is 14.9. The average Bonchev–Trinajstić information content (AvgIpc) is 3.52. The fourth-order valence-electron chi connectivity index (χ4n) is 7.75. The Hall–Kier alpha value is -4.09. The summed E-state index contributed by atoms with van der Waals surface area (Å²) in [6.45, 7) is 1.07. The summed E-state index contributed by atoms with van der Waals surface area (Å²) >= 11 is 0. The first-order valence-corrected chi connectivity index (χ1v) is 14.9. The summed E-state index contributed by atoms with van der Waals surface area (Å²) in [7, 11) is 3.32. The minimum absolute atomic E-state index is 0.00109. The van der Waals surface area contributed by atoms with Crippen LogP contribution in [0.1, 0.15) is 41.5 Å². The molecule has 0 aromatic heterocycles. The molecule has 3 atom stereocenters. The zero-order chi connectivity index (χ0) is 29.2. The predicted octanol–water partition coefficient (Wildman–Crippen LogP) is 6.38. The molecule has 6 rings (SSSR count). The van der Waals surface area contributed by atoms with Crippen molar-refractivity contribution in [2.45, 2.75) is 36.7 Å². The number of hydrogen-bond donors (Lipinski definition) is 1. The van der Waals surface area contributed by atoms with Crippen LogP contribution in [0.5, 0.6) is 11.5 Å². The molecule has 0 spiro atoms. The van der Waals surface area contributed by atoms with E-state index in [1.165, 1.54) is 11.1 Å². The normalized spacial score (nSPS) is 22.8. The highest BCUT2D eigenvalue weighted by atomic mass is 16.5. The molecule has 2 aliphatic rings. The summed E-state index contributed by atoms with van der Waals surface area (Å²) in [6, 6.07) is 37.0. The summed E-state index contributed by atoms with van der Waals surface area (Å²) in [6.07, 6.45) is 2.30. The van der Waals surface area contributed by atoms with Crippen LogP contribution in [0.2, 0.25) is 0 Å². The summed E-state index contributed by atoms with van der Waals surface area (Å²) in [5, 5.41) is 12.7. The number of para-hydroxylation sites is 2.